The number of rotatable bonds is 2. The minimum absolute atomic E-state index is 0.284. The van der Waals surface area contributed by atoms with Crippen molar-refractivity contribution in [2.24, 2.45) is 5.73 Å². The van der Waals surface area contributed by atoms with Crippen LogP contribution >= 0.6 is 23.2 Å². The van der Waals surface area contributed by atoms with Crippen molar-refractivity contribution in [3.8, 4) is 5.69 Å². The van der Waals surface area contributed by atoms with Crippen LogP contribution in [0.5, 0.6) is 0 Å². The Morgan fingerprint density at radius 2 is 1.64 bits per heavy atom. The average molecular weight is 405 g/mol. The van der Waals surface area contributed by atoms with Crippen molar-refractivity contribution in [2.45, 2.75) is 18.9 Å². The van der Waals surface area contributed by atoms with Crippen LogP contribution in [0.2, 0.25) is 10.0 Å². The summed E-state index contributed by atoms with van der Waals surface area (Å²) < 4.78 is 77.6. The SMILES string of the molecule is NCc1c(C(F)(F)F)cc(Cl)c(-n2ccc(C(F)(F)F)cc2=O)c1Cl. The third-order valence-electron chi connectivity index (χ3n) is 3.29. The molecule has 11 heteroatoms. The van der Waals surface area contributed by atoms with Crippen molar-refractivity contribution in [3.05, 3.63) is 61.5 Å². The molecular weight excluding hydrogens is 397 g/mol. The third-order valence-corrected chi connectivity index (χ3v) is 3.99. The Hall–Kier alpha value is -1.71. The standard InChI is InChI=1S/C14H8Cl2F6N2O/c15-9-4-8(14(20,21)22)7(5-23)11(16)12(9)24-2-1-6(3-10(24)25)13(17,18)19/h1-4H,5,23H2. The maximum atomic E-state index is 13.0. The molecule has 1 aromatic carbocycles. The zero-order valence-corrected chi connectivity index (χ0v) is 13.5. The first kappa shape index (κ1) is 19.6. The summed E-state index contributed by atoms with van der Waals surface area (Å²) in [6.45, 7) is -0.618. The lowest BCUT2D eigenvalue weighted by molar-refractivity contribution is -0.138. The maximum Gasteiger partial charge on any atom is 0.416 e. The van der Waals surface area contributed by atoms with Crippen LogP contribution in [0, 0.1) is 0 Å². The summed E-state index contributed by atoms with van der Waals surface area (Å²) >= 11 is 11.7. The van der Waals surface area contributed by atoms with E-state index in [0.29, 0.717) is 16.7 Å². The van der Waals surface area contributed by atoms with Gasteiger partial charge in [-0.2, -0.15) is 26.3 Å². The molecular formula is C14H8Cl2F6N2O. The summed E-state index contributed by atoms with van der Waals surface area (Å²) in [5, 5.41) is -1.12. The fourth-order valence-electron chi connectivity index (χ4n) is 2.16. The van der Waals surface area contributed by atoms with E-state index < -0.39 is 51.2 Å². The van der Waals surface area contributed by atoms with Gasteiger partial charge < -0.3 is 5.73 Å². The molecule has 0 unspecified atom stereocenters. The van der Waals surface area contributed by atoms with Gasteiger partial charge in [0.1, 0.15) is 0 Å². The Labute approximate surface area is 146 Å². The van der Waals surface area contributed by atoms with Crippen molar-refractivity contribution in [2.75, 3.05) is 0 Å². The molecule has 0 atom stereocenters. The highest BCUT2D eigenvalue weighted by molar-refractivity contribution is 6.38. The molecule has 1 heterocycles. The highest BCUT2D eigenvalue weighted by atomic mass is 35.5. The van der Waals surface area contributed by atoms with E-state index in [4.69, 9.17) is 28.9 Å². The van der Waals surface area contributed by atoms with Gasteiger partial charge in [0.25, 0.3) is 5.56 Å². The minimum atomic E-state index is -4.80. The van der Waals surface area contributed by atoms with Gasteiger partial charge in [-0.25, -0.2) is 0 Å². The van der Waals surface area contributed by atoms with Crippen molar-refractivity contribution in [1.82, 2.24) is 4.57 Å². The zero-order chi connectivity index (χ0) is 19.2. The molecule has 2 N–H and O–H groups in total. The molecule has 0 aliphatic rings. The van der Waals surface area contributed by atoms with Crippen molar-refractivity contribution in [1.29, 1.82) is 0 Å². The van der Waals surface area contributed by atoms with Crippen molar-refractivity contribution < 1.29 is 26.3 Å². The largest absolute Gasteiger partial charge is 0.416 e. The number of benzene rings is 1. The van der Waals surface area contributed by atoms with Crippen LogP contribution in [-0.2, 0) is 18.9 Å². The van der Waals surface area contributed by atoms with Gasteiger partial charge in [0.05, 0.1) is 26.9 Å². The first-order valence-electron chi connectivity index (χ1n) is 6.46. The second-order valence-corrected chi connectivity index (χ2v) is 5.66. The molecule has 0 bridgehead atoms. The first-order valence-corrected chi connectivity index (χ1v) is 7.22. The van der Waals surface area contributed by atoms with Gasteiger partial charge in [-0.05, 0) is 17.7 Å². The molecule has 0 fully saturated rings. The number of alkyl halides is 6. The molecule has 3 nitrogen and oxygen atoms in total. The fourth-order valence-corrected chi connectivity index (χ4v) is 2.88. The number of halogens is 8. The van der Waals surface area contributed by atoms with Gasteiger partial charge in [0.2, 0.25) is 0 Å². The van der Waals surface area contributed by atoms with Gasteiger partial charge in [0.15, 0.2) is 0 Å². The Balaban J connectivity index is 2.75. The van der Waals surface area contributed by atoms with E-state index in [1.54, 1.807) is 0 Å². The van der Waals surface area contributed by atoms with E-state index in [0.717, 1.165) is 6.20 Å². The fraction of sp³-hybridized carbons (Fsp3) is 0.214. The summed E-state index contributed by atoms with van der Waals surface area (Å²) in [5.74, 6) is 0. The monoisotopic (exact) mass is 404 g/mol. The molecule has 0 amide bonds. The first-order chi connectivity index (χ1) is 11.4. The summed E-state index contributed by atoms with van der Waals surface area (Å²) in [6, 6.07) is 1.38. The summed E-state index contributed by atoms with van der Waals surface area (Å²) in [5.41, 5.74) is 0.827. The number of pyridine rings is 1. The van der Waals surface area contributed by atoms with Crippen LogP contribution < -0.4 is 11.3 Å². The van der Waals surface area contributed by atoms with Crippen LogP contribution in [0.15, 0.2) is 29.2 Å². The van der Waals surface area contributed by atoms with E-state index in [1.807, 2.05) is 0 Å². The quantitative estimate of drug-likeness (QED) is 0.741. The normalized spacial score (nSPS) is 12.5. The molecule has 0 spiro atoms. The topological polar surface area (TPSA) is 48.0 Å². The van der Waals surface area contributed by atoms with Crippen molar-refractivity contribution >= 4 is 23.2 Å². The molecule has 0 radical (unpaired) electrons. The van der Waals surface area contributed by atoms with E-state index in [1.165, 1.54) is 0 Å². The maximum absolute atomic E-state index is 13.0. The zero-order valence-electron chi connectivity index (χ0n) is 12.0. The number of hydrogen-bond donors (Lipinski definition) is 1. The molecule has 0 aliphatic heterocycles. The summed E-state index contributed by atoms with van der Waals surface area (Å²) in [4.78, 5) is 12.0. The van der Waals surface area contributed by atoms with Crippen molar-refractivity contribution in [3.63, 3.8) is 0 Å². The van der Waals surface area contributed by atoms with Crippen LogP contribution in [0.4, 0.5) is 26.3 Å². The van der Waals surface area contributed by atoms with E-state index in [2.05, 4.69) is 0 Å². The molecule has 2 aromatic rings. The molecule has 0 saturated heterocycles. The van der Waals surface area contributed by atoms with Crippen LogP contribution in [0.1, 0.15) is 16.7 Å². The molecule has 0 aliphatic carbocycles. The lowest BCUT2D eigenvalue weighted by Crippen LogP contribution is -2.22. The predicted molar refractivity (Wildman–Crippen MR) is 80.0 cm³/mol. The summed E-state index contributed by atoms with van der Waals surface area (Å²) in [7, 11) is 0. The predicted octanol–water partition coefficient (Wildman–Crippen LogP) is 4.64. The third kappa shape index (κ3) is 3.78. The van der Waals surface area contributed by atoms with Gasteiger partial charge in [-0.1, -0.05) is 23.2 Å². The minimum Gasteiger partial charge on any atom is -0.326 e. The number of nitrogens with zero attached hydrogens (tertiary/aromatic N) is 1. The van der Waals surface area contributed by atoms with Gasteiger partial charge in [0, 0.05) is 18.8 Å². The number of aromatic nitrogens is 1. The van der Waals surface area contributed by atoms with E-state index >= 15 is 0 Å². The molecule has 1 aromatic heterocycles. The summed E-state index contributed by atoms with van der Waals surface area (Å²) in [6.07, 6.45) is -8.83. The molecule has 25 heavy (non-hydrogen) atoms. The lowest BCUT2D eigenvalue weighted by Gasteiger charge is -2.19. The van der Waals surface area contributed by atoms with Gasteiger partial charge >= 0.3 is 12.4 Å². The second kappa shape index (κ2) is 6.54. The highest BCUT2D eigenvalue weighted by Crippen LogP contribution is 2.41. The Bertz CT molecular complexity index is 873. The molecule has 2 rings (SSSR count). The van der Waals surface area contributed by atoms with Crippen LogP contribution in [0.25, 0.3) is 5.69 Å². The number of nitrogens with two attached hydrogens (primary N) is 1. The van der Waals surface area contributed by atoms with Crippen LogP contribution in [0.3, 0.4) is 0 Å². The molecule has 136 valence electrons. The molecule has 0 saturated carbocycles. The second-order valence-electron chi connectivity index (χ2n) is 4.87. The van der Waals surface area contributed by atoms with Crippen LogP contribution in [-0.4, -0.2) is 4.57 Å². The van der Waals surface area contributed by atoms with E-state index in [9.17, 15) is 31.1 Å². The Kier molecular flexibility index (Phi) is 5.13. The van der Waals surface area contributed by atoms with E-state index in [-0.39, 0.29) is 11.8 Å². The smallest absolute Gasteiger partial charge is 0.326 e. The van der Waals surface area contributed by atoms with Gasteiger partial charge in [-0.15, -0.1) is 0 Å². The van der Waals surface area contributed by atoms with Gasteiger partial charge in [-0.3, -0.25) is 9.36 Å². The highest BCUT2D eigenvalue weighted by Gasteiger charge is 2.36. The average Bonchev–Trinajstić information content (AvgIpc) is 2.46. The Morgan fingerprint density at radius 1 is 1.04 bits per heavy atom. The number of hydrogen-bond acceptors (Lipinski definition) is 2. The Morgan fingerprint density at radius 3 is 2.08 bits per heavy atom. The lowest BCUT2D eigenvalue weighted by atomic mass is 10.1.